The van der Waals surface area contributed by atoms with E-state index in [1.807, 2.05) is 30.5 Å². The Kier molecular flexibility index (Phi) is 5.45. The number of pyridine rings is 1. The third-order valence-corrected chi connectivity index (χ3v) is 7.81. The second kappa shape index (κ2) is 9.14. The molecule has 3 heteroatoms. The molecular formula is C36H27N3. The van der Waals surface area contributed by atoms with Crippen LogP contribution in [0.3, 0.4) is 0 Å². The van der Waals surface area contributed by atoms with Crippen molar-refractivity contribution in [3.8, 4) is 56.2 Å². The van der Waals surface area contributed by atoms with E-state index in [1.54, 1.807) is 6.20 Å². The van der Waals surface area contributed by atoms with Crippen LogP contribution in [-0.2, 0) is 5.41 Å². The Morgan fingerprint density at radius 2 is 1.10 bits per heavy atom. The molecule has 0 N–H and O–H groups in total. The molecule has 186 valence electrons. The van der Waals surface area contributed by atoms with Crippen LogP contribution in [0.2, 0.25) is 0 Å². The molecule has 0 saturated heterocycles. The molecule has 39 heavy (non-hydrogen) atoms. The first-order chi connectivity index (χ1) is 19.1. The van der Waals surface area contributed by atoms with Crippen LogP contribution in [0.25, 0.3) is 56.2 Å². The van der Waals surface area contributed by atoms with Crippen molar-refractivity contribution in [3.05, 3.63) is 139 Å². The summed E-state index contributed by atoms with van der Waals surface area (Å²) < 4.78 is 0. The lowest BCUT2D eigenvalue weighted by atomic mass is 9.82. The van der Waals surface area contributed by atoms with Crippen molar-refractivity contribution >= 4 is 0 Å². The molecule has 0 saturated carbocycles. The van der Waals surface area contributed by atoms with Crippen LogP contribution in [0.4, 0.5) is 0 Å². The van der Waals surface area contributed by atoms with Gasteiger partial charge in [0.25, 0.3) is 0 Å². The van der Waals surface area contributed by atoms with Gasteiger partial charge in [0, 0.05) is 34.5 Å². The molecule has 0 bridgehead atoms. The summed E-state index contributed by atoms with van der Waals surface area (Å²) in [5, 5.41) is 0. The van der Waals surface area contributed by atoms with Crippen LogP contribution in [0.5, 0.6) is 0 Å². The number of fused-ring (bicyclic) bond motifs is 3. The maximum absolute atomic E-state index is 5.10. The molecule has 0 unspecified atom stereocenters. The number of aromatic nitrogens is 3. The van der Waals surface area contributed by atoms with Crippen LogP contribution < -0.4 is 0 Å². The average Bonchev–Trinajstić information content (AvgIpc) is 3.24. The molecular weight excluding hydrogens is 474 g/mol. The number of benzene rings is 4. The fourth-order valence-corrected chi connectivity index (χ4v) is 5.71. The van der Waals surface area contributed by atoms with Gasteiger partial charge in [-0.3, -0.25) is 4.98 Å². The van der Waals surface area contributed by atoms with Crippen LogP contribution >= 0.6 is 0 Å². The van der Waals surface area contributed by atoms with E-state index in [0.29, 0.717) is 0 Å². The van der Waals surface area contributed by atoms with E-state index in [1.165, 1.54) is 22.3 Å². The summed E-state index contributed by atoms with van der Waals surface area (Å²) >= 11 is 0. The van der Waals surface area contributed by atoms with Crippen molar-refractivity contribution in [2.45, 2.75) is 19.3 Å². The van der Waals surface area contributed by atoms with E-state index in [4.69, 9.17) is 9.97 Å². The first kappa shape index (κ1) is 23.2. The molecule has 2 aromatic heterocycles. The van der Waals surface area contributed by atoms with Crippen molar-refractivity contribution in [1.29, 1.82) is 0 Å². The number of hydrogen-bond acceptors (Lipinski definition) is 3. The van der Waals surface area contributed by atoms with Gasteiger partial charge >= 0.3 is 0 Å². The van der Waals surface area contributed by atoms with Crippen LogP contribution in [0.15, 0.2) is 128 Å². The minimum absolute atomic E-state index is 0.0294. The molecule has 7 rings (SSSR count). The van der Waals surface area contributed by atoms with Crippen molar-refractivity contribution in [2.24, 2.45) is 0 Å². The highest BCUT2D eigenvalue weighted by molar-refractivity contribution is 5.84. The van der Waals surface area contributed by atoms with Crippen LogP contribution in [0.1, 0.15) is 25.0 Å². The van der Waals surface area contributed by atoms with Gasteiger partial charge in [0.05, 0.1) is 11.4 Å². The first-order valence-corrected chi connectivity index (χ1v) is 13.3. The summed E-state index contributed by atoms with van der Waals surface area (Å²) in [6.45, 7) is 4.61. The summed E-state index contributed by atoms with van der Waals surface area (Å²) in [6.07, 6.45) is 3.68. The SMILES string of the molecule is CC1(C)c2ccccc2-c2cc(-c3nc(-c4ccccc4)cc(-c4ccc(-c5cccnc5)cc4)n3)ccc21. The Morgan fingerprint density at radius 1 is 0.487 bits per heavy atom. The minimum Gasteiger partial charge on any atom is -0.264 e. The van der Waals surface area contributed by atoms with Gasteiger partial charge in [-0.1, -0.05) is 111 Å². The van der Waals surface area contributed by atoms with Crippen LogP contribution in [-0.4, -0.2) is 15.0 Å². The van der Waals surface area contributed by atoms with Gasteiger partial charge in [-0.05, 0) is 51.6 Å². The molecule has 1 aliphatic rings. The predicted octanol–water partition coefficient (Wildman–Crippen LogP) is 8.85. The van der Waals surface area contributed by atoms with E-state index < -0.39 is 0 Å². The van der Waals surface area contributed by atoms with E-state index in [-0.39, 0.29) is 5.41 Å². The maximum atomic E-state index is 5.10. The van der Waals surface area contributed by atoms with E-state index >= 15 is 0 Å². The first-order valence-electron chi connectivity index (χ1n) is 13.3. The Balaban J connectivity index is 1.36. The Labute approximate surface area is 228 Å². The predicted molar refractivity (Wildman–Crippen MR) is 159 cm³/mol. The molecule has 0 fully saturated rings. The summed E-state index contributed by atoms with van der Waals surface area (Å²) in [5.74, 6) is 0.729. The average molecular weight is 502 g/mol. The highest BCUT2D eigenvalue weighted by Gasteiger charge is 2.35. The zero-order valence-electron chi connectivity index (χ0n) is 22.0. The largest absolute Gasteiger partial charge is 0.264 e. The maximum Gasteiger partial charge on any atom is 0.160 e. The summed E-state index contributed by atoms with van der Waals surface area (Å²) in [5.41, 5.74) is 12.4. The van der Waals surface area contributed by atoms with Gasteiger partial charge in [0.1, 0.15) is 0 Å². The van der Waals surface area contributed by atoms with Crippen molar-refractivity contribution < 1.29 is 0 Å². The number of rotatable bonds is 4. The third-order valence-electron chi connectivity index (χ3n) is 7.81. The molecule has 4 aromatic carbocycles. The summed E-state index contributed by atoms with van der Waals surface area (Å²) in [4.78, 5) is 14.4. The fraction of sp³-hybridized carbons (Fsp3) is 0.0833. The molecule has 2 heterocycles. The van der Waals surface area contributed by atoms with Gasteiger partial charge in [-0.15, -0.1) is 0 Å². The van der Waals surface area contributed by atoms with Gasteiger partial charge in [-0.25, -0.2) is 9.97 Å². The number of nitrogens with zero attached hydrogens (tertiary/aromatic N) is 3. The van der Waals surface area contributed by atoms with Gasteiger partial charge in [-0.2, -0.15) is 0 Å². The lowest BCUT2D eigenvalue weighted by Gasteiger charge is -2.21. The Morgan fingerprint density at radius 3 is 1.85 bits per heavy atom. The van der Waals surface area contributed by atoms with E-state index in [9.17, 15) is 0 Å². The van der Waals surface area contributed by atoms with Gasteiger partial charge < -0.3 is 0 Å². The molecule has 6 aromatic rings. The molecule has 1 aliphatic carbocycles. The molecule has 0 spiro atoms. The Bertz CT molecular complexity index is 1810. The minimum atomic E-state index is -0.0294. The van der Waals surface area contributed by atoms with Crippen molar-refractivity contribution in [3.63, 3.8) is 0 Å². The molecule has 3 nitrogen and oxygen atoms in total. The number of hydrogen-bond donors (Lipinski definition) is 0. The topological polar surface area (TPSA) is 38.7 Å². The fourth-order valence-electron chi connectivity index (χ4n) is 5.71. The smallest absolute Gasteiger partial charge is 0.160 e. The highest BCUT2D eigenvalue weighted by Crippen LogP contribution is 2.49. The van der Waals surface area contributed by atoms with Gasteiger partial charge in [0.15, 0.2) is 5.82 Å². The lowest BCUT2D eigenvalue weighted by Crippen LogP contribution is -2.14. The Hall–Kier alpha value is -4.89. The zero-order valence-corrected chi connectivity index (χ0v) is 22.0. The van der Waals surface area contributed by atoms with Crippen molar-refractivity contribution in [2.75, 3.05) is 0 Å². The normalized spacial score (nSPS) is 13.1. The second-order valence-electron chi connectivity index (χ2n) is 10.6. The zero-order chi connectivity index (χ0) is 26.4. The standard InChI is InChI=1S/C36H27N3/c1-36(2)31-13-7-6-12-29(31)30-21-27(18-19-32(30)36)35-38-33(25-9-4-3-5-10-25)22-34(39-35)26-16-14-24(15-17-26)28-11-8-20-37-23-28/h3-23H,1-2H3. The van der Waals surface area contributed by atoms with E-state index in [0.717, 1.165) is 45.0 Å². The monoisotopic (exact) mass is 501 g/mol. The summed E-state index contributed by atoms with van der Waals surface area (Å²) in [6, 6.07) is 40.4. The lowest BCUT2D eigenvalue weighted by molar-refractivity contribution is 0.660. The molecule has 0 amide bonds. The quantitative estimate of drug-likeness (QED) is 0.242. The molecule has 0 radical (unpaired) electrons. The highest BCUT2D eigenvalue weighted by atomic mass is 14.9. The van der Waals surface area contributed by atoms with Crippen LogP contribution in [0, 0.1) is 0 Å². The molecule has 0 atom stereocenters. The van der Waals surface area contributed by atoms with Gasteiger partial charge in [0.2, 0.25) is 0 Å². The summed E-state index contributed by atoms with van der Waals surface area (Å²) in [7, 11) is 0. The van der Waals surface area contributed by atoms with Crippen molar-refractivity contribution in [1.82, 2.24) is 15.0 Å². The third kappa shape index (κ3) is 4.04. The van der Waals surface area contributed by atoms with E-state index in [2.05, 4.69) is 110 Å². The molecule has 0 aliphatic heterocycles. The second-order valence-corrected chi connectivity index (χ2v) is 10.6.